The van der Waals surface area contributed by atoms with Crippen molar-refractivity contribution in [2.45, 2.75) is 5.03 Å². The van der Waals surface area contributed by atoms with Crippen molar-refractivity contribution in [2.24, 2.45) is 0 Å². The second-order valence-corrected chi connectivity index (χ2v) is 3.35. The lowest BCUT2D eigenvalue weighted by atomic mass is 10.4. The van der Waals surface area contributed by atoms with Crippen LogP contribution >= 0.6 is 23.4 Å². The molecule has 1 aromatic heterocycles. The molecule has 0 fully saturated rings. The highest BCUT2D eigenvalue weighted by Crippen LogP contribution is 2.17. The third-order valence-electron chi connectivity index (χ3n) is 1.11. The Kier molecular flexibility index (Phi) is 3.85. The fourth-order valence-electron chi connectivity index (χ4n) is 0.645. The van der Waals surface area contributed by atoms with Gasteiger partial charge in [-0.15, -0.1) is 23.4 Å². The molecule has 0 atom stereocenters. The monoisotopic (exact) mass is 199 g/mol. The van der Waals surface area contributed by atoms with Gasteiger partial charge in [0.2, 0.25) is 0 Å². The van der Waals surface area contributed by atoms with Gasteiger partial charge in [-0.2, -0.15) is 5.26 Å². The van der Waals surface area contributed by atoms with Crippen LogP contribution in [0.25, 0.3) is 0 Å². The average molecular weight is 200 g/mol. The maximum absolute atomic E-state index is 8.64. The van der Waals surface area contributed by atoms with E-state index >= 15 is 0 Å². The summed E-state index contributed by atoms with van der Waals surface area (Å²) in [6.45, 7) is 0. The maximum atomic E-state index is 8.64. The number of halogens is 1. The molecule has 5 heteroatoms. The first-order valence-corrected chi connectivity index (χ1v) is 4.79. The lowest BCUT2D eigenvalue weighted by molar-refractivity contribution is 1.03. The summed E-state index contributed by atoms with van der Waals surface area (Å²) in [6, 6.07) is 2.02. The molecule has 0 aliphatic carbocycles. The molecule has 0 amide bonds. The molecule has 0 saturated heterocycles. The van der Waals surface area contributed by atoms with Crippen molar-refractivity contribution < 1.29 is 0 Å². The van der Waals surface area contributed by atoms with Gasteiger partial charge in [0.1, 0.15) is 23.0 Å². The van der Waals surface area contributed by atoms with Crippen LogP contribution < -0.4 is 0 Å². The van der Waals surface area contributed by atoms with E-state index < -0.39 is 0 Å². The van der Waals surface area contributed by atoms with Crippen LogP contribution in [0.3, 0.4) is 0 Å². The van der Waals surface area contributed by atoms with Gasteiger partial charge in [0.25, 0.3) is 0 Å². The van der Waals surface area contributed by atoms with Crippen molar-refractivity contribution in [2.75, 3.05) is 11.6 Å². The standard InChI is InChI=1S/C7H6ClN3S/c8-1-2-12-7-6(3-9)4-10-5-11-7/h4-5H,1-2H2. The van der Waals surface area contributed by atoms with Gasteiger partial charge in [-0.05, 0) is 0 Å². The topological polar surface area (TPSA) is 49.6 Å². The third kappa shape index (κ3) is 2.36. The van der Waals surface area contributed by atoms with E-state index in [0.717, 1.165) is 5.75 Å². The smallest absolute Gasteiger partial charge is 0.117 e. The zero-order valence-electron chi connectivity index (χ0n) is 6.20. The van der Waals surface area contributed by atoms with Crippen LogP contribution in [0.15, 0.2) is 17.6 Å². The summed E-state index contributed by atoms with van der Waals surface area (Å²) in [6.07, 6.45) is 2.93. The summed E-state index contributed by atoms with van der Waals surface area (Å²) < 4.78 is 0. The second kappa shape index (κ2) is 4.96. The van der Waals surface area contributed by atoms with Crippen molar-refractivity contribution in [3.63, 3.8) is 0 Å². The fourth-order valence-corrected chi connectivity index (χ4v) is 1.52. The molecule has 1 rings (SSSR count). The minimum absolute atomic E-state index is 0.507. The summed E-state index contributed by atoms with van der Waals surface area (Å²) in [5.41, 5.74) is 0.507. The first-order chi connectivity index (χ1) is 5.88. The Bertz CT molecular complexity index is 297. The predicted molar refractivity (Wildman–Crippen MR) is 48.2 cm³/mol. The number of nitriles is 1. The molecule has 0 aliphatic heterocycles. The van der Waals surface area contributed by atoms with E-state index in [0.29, 0.717) is 16.5 Å². The molecule has 0 spiro atoms. The van der Waals surface area contributed by atoms with Crippen LogP contribution in [0.4, 0.5) is 0 Å². The van der Waals surface area contributed by atoms with Crippen LogP contribution in [-0.4, -0.2) is 21.6 Å². The van der Waals surface area contributed by atoms with E-state index in [1.165, 1.54) is 24.3 Å². The summed E-state index contributed by atoms with van der Waals surface area (Å²) in [5.74, 6) is 1.31. The van der Waals surface area contributed by atoms with Crippen molar-refractivity contribution in [1.82, 2.24) is 9.97 Å². The van der Waals surface area contributed by atoms with Gasteiger partial charge in [-0.1, -0.05) is 0 Å². The van der Waals surface area contributed by atoms with E-state index in [4.69, 9.17) is 16.9 Å². The highest BCUT2D eigenvalue weighted by atomic mass is 35.5. The summed E-state index contributed by atoms with van der Waals surface area (Å²) in [7, 11) is 0. The third-order valence-corrected chi connectivity index (χ3v) is 2.53. The van der Waals surface area contributed by atoms with Crippen molar-refractivity contribution in [3.05, 3.63) is 18.1 Å². The molecule has 0 aromatic carbocycles. The number of thioether (sulfide) groups is 1. The van der Waals surface area contributed by atoms with E-state index in [2.05, 4.69) is 9.97 Å². The second-order valence-electron chi connectivity index (χ2n) is 1.89. The van der Waals surface area contributed by atoms with Gasteiger partial charge in [-0.3, -0.25) is 0 Å². The number of nitrogens with zero attached hydrogens (tertiary/aromatic N) is 3. The van der Waals surface area contributed by atoms with Crippen molar-refractivity contribution >= 4 is 23.4 Å². The average Bonchev–Trinajstić information content (AvgIpc) is 2.15. The largest absolute Gasteiger partial charge is 0.243 e. The highest BCUT2D eigenvalue weighted by Gasteiger charge is 2.02. The highest BCUT2D eigenvalue weighted by molar-refractivity contribution is 7.99. The molecule has 1 aromatic rings. The Balaban J connectivity index is 2.77. The maximum Gasteiger partial charge on any atom is 0.117 e. The van der Waals surface area contributed by atoms with Gasteiger partial charge in [0, 0.05) is 17.8 Å². The number of alkyl halides is 1. The van der Waals surface area contributed by atoms with E-state index in [9.17, 15) is 0 Å². The first kappa shape index (κ1) is 9.30. The molecule has 0 aliphatic rings. The lowest BCUT2D eigenvalue weighted by Gasteiger charge is -1.97. The number of aromatic nitrogens is 2. The quantitative estimate of drug-likeness (QED) is 0.422. The zero-order chi connectivity index (χ0) is 8.81. The molecular formula is C7H6ClN3S. The van der Waals surface area contributed by atoms with E-state index in [1.807, 2.05) is 6.07 Å². The van der Waals surface area contributed by atoms with Crippen LogP contribution in [0.2, 0.25) is 0 Å². The normalized spacial score (nSPS) is 9.33. The Morgan fingerprint density at radius 2 is 2.50 bits per heavy atom. The van der Waals surface area contributed by atoms with E-state index in [1.54, 1.807) is 0 Å². The molecule has 3 nitrogen and oxygen atoms in total. The summed E-state index contributed by atoms with van der Waals surface area (Å²) in [5, 5.41) is 9.34. The molecule has 0 saturated carbocycles. The fraction of sp³-hybridized carbons (Fsp3) is 0.286. The number of hydrogen-bond acceptors (Lipinski definition) is 4. The van der Waals surface area contributed by atoms with Gasteiger partial charge in [0.05, 0.1) is 0 Å². The minimum Gasteiger partial charge on any atom is -0.243 e. The Morgan fingerprint density at radius 3 is 3.17 bits per heavy atom. The molecule has 0 N–H and O–H groups in total. The SMILES string of the molecule is N#Cc1cncnc1SCCCl. The Hall–Kier alpha value is -0.790. The number of hydrogen-bond donors (Lipinski definition) is 0. The van der Waals surface area contributed by atoms with E-state index in [-0.39, 0.29) is 0 Å². The number of rotatable bonds is 3. The minimum atomic E-state index is 0.507. The molecule has 62 valence electrons. The van der Waals surface area contributed by atoms with Crippen molar-refractivity contribution in [3.8, 4) is 6.07 Å². The zero-order valence-corrected chi connectivity index (χ0v) is 7.77. The molecular weight excluding hydrogens is 194 g/mol. The molecule has 1 heterocycles. The van der Waals surface area contributed by atoms with Crippen LogP contribution in [-0.2, 0) is 0 Å². The van der Waals surface area contributed by atoms with Crippen molar-refractivity contribution in [1.29, 1.82) is 5.26 Å². The first-order valence-electron chi connectivity index (χ1n) is 3.27. The Labute approximate surface area is 79.8 Å². The molecule has 0 radical (unpaired) electrons. The molecule has 0 unspecified atom stereocenters. The van der Waals surface area contributed by atoms with Crippen LogP contribution in [0, 0.1) is 11.3 Å². The van der Waals surface area contributed by atoms with Crippen LogP contribution in [0.1, 0.15) is 5.56 Å². The van der Waals surface area contributed by atoms with Gasteiger partial charge in [-0.25, -0.2) is 9.97 Å². The predicted octanol–water partition coefficient (Wildman–Crippen LogP) is 1.68. The summed E-state index contributed by atoms with van der Waals surface area (Å²) in [4.78, 5) is 7.70. The van der Waals surface area contributed by atoms with Gasteiger partial charge >= 0.3 is 0 Å². The van der Waals surface area contributed by atoms with Crippen LogP contribution in [0.5, 0.6) is 0 Å². The summed E-state index contributed by atoms with van der Waals surface area (Å²) >= 11 is 6.97. The molecule has 0 bridgehead atoms. The van der Waals surface area contributed by atoms with Gasteiger partial charge in [0.15, 0.2) is 0 Å². The Morgan fingerprint density at radius 1 is 1.67 bits per heavy atom. The molecule has 12 heavy (non-hydrogen) atoms. The lowest BCUT2D eigenvalue weighted by Crippen LogP contribution is -1.89. The van der Waals surface area contributed by atoms with Gasteiger partial charge < -0.3 is 0 Å².